The van der Waals surface area contributed by atoms with E-state index in [1.165, 1.54) is 19.2 Å². The molecule has 104 valence electrons. The largest absolute Gasteiger partial charge is 0.482 e. The molecule has 7 nitrogen and oxygen atoms in total. The normalized spacial score (nSPS) is 12.1. The van der Waals surface area contributed by atoms with Gasteiger partial charge < -0.3 is 9.72 Å². The molecule has 3 aromatic rings. The summed E-state index contributed by atoms with van der Waals surface area (Å²) in [7, 11) is -2.37. The van der Waals surface area contributed by atoms with Crippen molar-refractivity contribution in [3.8, 4) is 5.88 Å². The van der Waals surface area contributed by atoms with Crippen molar-refractivity contribution < 1.29 is 13.2 Å². The van der Waals surface area contributed by atoms with E-state index in [4.69, 9.17) is 9.88 Å². The zero-order valence-electron chi connectivity index (χ0n) is 10.4. The van der Waals surface area contributed by atoms with Gasteiger partial charge in [0.2, 0.25) is 10.0 Å². The molecule has 0 fully saturated rings. The summed E-state index contributed by atoms with van der Waals surface area (Å²) in [6.07, 6.45) is 0. The number of hydrogen-bond donors (Lipinski definition) is 3. The number of nitrogens with one attached hydrogen (secondary N) is 2. The Morgan fingerprint density at radius 2 is 1.90 bits per heavy atom. The third kappa shape index (κ3) is 1.86. The fourth-order valence-corrected chi connectivity index (χ4v) is 2.69. The predicted octanol–water partition coefficient (Wildman–Crippen LogP) is 0.665. The van der Waals surface area contributed by atoms with Crippen LogP contribution in [0.1, 0.15) is 0 Å². The van der Waals surface area contributed by atoms with Crippen molar-refractivity contribution in [1.82, 2.24) is 9.97 Å². The molecule has 0 saturated heterocycles. The average Bonchev–Trinajstić information content (AvgIpc) is 2.76. The Bertz CT molecular complexity index is 985. The molecule has 0 radical (unpaired) electrons. The molecule has 20 heavy (non-hydrogen) atoms. The van der Waals surface area contributed by atoms with Crippen molar-refractivity contribution >= 4 is 31.8 Å². The van der Waals surface area contributed by atoms with Crippen LogP contribution in [0.15, 0.2) is 34.0 Å². The Balaban J connectivity index is 2.47. The van der Waals surface area contributed by atoms with Gasteiger partial charge >= 0.3 is 0 Å². The van der Waals surface area contributed by atoms with Gasteiger partial charge in [-0.05, 0) is 18.2 Å². The fourth-order valence-electron chi connectivity index (χ4n) is 2.15. The Hall–Kier alpha value is -2.32. The Kier molecular flexibility index (Phi) is 2.59. The number of H-pyrrole nitrogens is 2. The minimum Gasteiger partial charge on any atom is -0.482 e. The van der Waals surface area contributed by atoms with E-state index >= 15 is 0 Å². The Morgan fingerprint density at radius 3 is 2.55 bits per heavy atom. The number of benzene rings is 1. The minimum atomic E-state index is -3.80. The zero-order valence-corrected chi connectivity index (χ0v) is 11.2. The number of nitrogens with two attached hydrogens (primary N) is 1. The van der Waals surface area contributed by atoms with Crippen LogP contribution in [-0.2, 0) is 10.0 Å². The van der Waals surface area contributed by atoms with Crippen molar-refractivity contribution in [2.75, 3.05) is 7.11 Å². The molecular formula is C12H11N3O4S. The SMILES string of the molecule is COc1cc2c([nH]c3ccc(S(N)(=O)=O)cc32)c(=O)[nH]1. The number of fused-ring (bicyclic) bond motifs is 3. The van der Waals surface area contributed by atoms with Crippen LogP contribution in [0.4, 0.5) is 0 Å². The first kappa shape index (κ1) is 12.7. The van der Waals surface area contributed by atoms with Crippen molar-refractivity contribution in [2.24, 2.45) is 5.14 Å². The van der Waals surface area contributed by atoms with Crippen LogP contribution in [0, 0.1) is 0 Å². The highest BCUT2D eigenvalue weighted by atomic mass is 32.2. The van der Waals surface area contributed by atoms with Crippen LogP contribution in [0.25, 0.3) is 21.8 Å². The summed E-state index contributed by atoms with van der Waals surface area (Å²) in [5.74, 6) is 0.296. The third-order valence-electron chi connectivity index (χ3n) is 3.10. The third-order valence-corrected chi connectivity index (χ3v) is 4.01. The van der Waals surface area contributed by atoms with E-state index in [0.717, 1.165) is 0 Å². The van der Waals surface area contributed by atoms with E-state index in [0.29, 0.717) is 27.7 Å². The Morgan fingerprint density at radius 1 is 1.15 bits per heavy atom. The predicted molar refractivity (Wildman–Crippen MR) is 74.4 cm³/mol. The molecule has 0 aliphatic heterocycles. The highest BCUT2D eigenvalue weighted by molar-refractivity contribution is 7.89. The quantitative estimate of drug-likeness (QED) is 0.643. The van der Waals surface area contributed by atoms with E-state index in [1.807, 2.05) is 0 Å². The number of sulfonamides is 1. The molecule has 2 aromatic heterocycles. The topological polar surface area (TPSA) is 118 Å². The first-order chi connectivity index (χ1) is 9.40. The van der Waals surface area contributed by atoms with Gasteiger partial charge in [-0.1, -0.05) is 0 Å². The second-order valence-corrected chi connectivity index (χ2v) is 5.89. The number of rotatable bonds is 2. The molecule has 3 rings (SSSR count). The van der Waals surface area contributed by atoms with Crippen LogP contribution in [0.2, 0.25) is 0 Å². The molecule has 0 saturated carbocycles. The van der Waals surface area contributed by atoms with Gasteiger partial charge in [0.15, 0.2) is 5.88 Å². The second-order valence-electron chi connectivity index (χ2n) is 4.33. The first-order valence-electron chi connectivity index (χ1n) is 5.66. The van der Waals surface area contributed by atoms with Crippen molar-refractivity contribution in [3.63, 3.8) is 0 Å². The molecule has 2 heterocycles. The van der Waals surface area contributed by atoms with Gasteiger partial charge in [0.05, 0.1) is 12.0 Å². The molecule has 8 heteroatoms. The van der Waals surface area contributed by atoms with Crippen molar-refractivity contribution in [1.29, 1.82) is 0 Å². The number of methoxy groups -OCH3 is 1. The summed E-state index contributed by atoms with van der Waals surface area (Å²) in [5, 5.41) is 6.28. The zero-order chi connectivity index (χ0) is 14.5. The summed E-state index contributed by atoms with van der Waals surface area (Å²) in [6.45, 7) is 0. The first-order valence-corrected chi connectivity index (χ1v) is 7.20. The van der Waals surface area contributed by atoms with Crippen LogP contribution in [0.3, 0.4) is 0 Å². The fraction of sp³-hybridized carbons (Fsp3) is 0.0833. The van der Waals surface area contributed by atoms with Gasteiger partial charge in [-0.2, -0.15) is 0 Å². The standard InChI is InChI=1S/C12H11N3O4S/c1-19-10-5-8-7-4-6(20(13,17)18)2-3-9(7)14-11(8)12(16)15-10/h2-5,14H,1H3,(H,15,16)(H2,13,17,18). The molecule has 0 unspecified atom stereocenters. The van der Waals surface area contributed by atoms with Gasteiger partial charge in [-0.25, -0.2) is 13.6 Å². The maximum Gasteiger partial charge on any atom is 0.275 e. The number of primary sulfonamides is 1. The molecule has 0 aliphatic carbocycles. The monoisotopic (exact) mass is 293 g/mol. The van der Waals surface area contributed by atoms with E-state index in [-0.39, 0.29) is 10.5 Å². The summed E-state index contributed by atoms with van der Waals surface area (Å²) >= 11 is 0. The van der Waals surface area contributed by atoms with Crippen LogP contribution >= 0.6 is 0 Å². The summed E-state index contributed by atoms with van der Waals surface area (Å²) in [4.78, 5) is 17.4. The number of ether oxygens (including phenoxy) is 1. The molecule has 0 atom stereocenters. The highest BCUT2D eigenvalue weighted by Gasteiger charge is 2.13. The molecular weight excluding hydrogens is 282 g/mol. The van der Waals surface area contributed by atoms with Crippen LogP contribution in [0.5, 0.6) is 5.88 Å². The van der Waals surface area contributed by atoms with Gasteiger partial charge in [0.1, 0.15) is 5.52 Å². The van der Waals surface area contributed by atoms with Crippen LogP contribution in [-0.4, -0.2) is 25.5 Å². The number of aromatic amines is 2. The molecule has 0 amide bonds. The molecule has 0 aliphatic rings. The molecule has 0 spiro atoms. The van der Waals surface area contributed by atoms with E-state index < -0.39 is 10.0 Å². The lowest BCUT2D eigenvalue weighted by Gasteiger charge is -2.00. The summed E-state index contributed by atoms with van der Waals surface area (Å²) < 4.78 is 27.8. The lowest BCUT2D eigenvalue weighted by molar-refractivity contribution is 0.397. The van der Waals surface area contributed by atoms with Gasteiger partial charge in [0, 0.05) is 22.4 Å². The maximum absolute atomic E-state index is 11.9. The summed E-state index contributed by atoms with van der Waals surface area (Å²) in [6, 6.07) is 6.02. The molecule has 1 aromatic carbocycles. The van der Waals surface area contributed by atoms with Gasteiger partial charge in [-0.3, -0.25) is 9.78 Å². The van der Waals surface area contributed by atoms with Crippen molar-refractivity contribution in [2.45, 2.75) is 4.90 Å². The second kappa shape index (κ2) is 4.09. The van der Waals surface area contributed by atoms with Gasteiger partial charge in [-0.15, -0.1) is 0 Å². The average molecular weight is 293 g/mol. The molecule has 4 N–H and O–H groups in total. The van der Waals surface area contributed by atoms with E-state index in [1.54, 1.807) is 12.1 Å². The lowest BCUT2D eigenvalue weighted by atomic mass is 10.2. The number of pyridine rings is 1. The smallest absolute Gasteiger partial charge is 0.275 e. The number of aromatic nitrogens is 2. The number of hydrogen-bond acceptors (Lipinski definition) is 4. The van der Waals surface area contributed by atoms with E-state index in [9.17, 15) is 13.2 Å². The summed E-state index contributed by atoms with van der Waals surface area (Å²) in [5.41, 5.74) is 0.659. The highest BCUT2D eigenvalue weighted by Crippen LogP contribution is 2.27. The molecule has 0 bridgehead atoms. The van der Waals surface area contributed by atoms with Gasteiger partial charge in [0.25, 0.3) is 5.56 Å². The van der Waals surface area contributed by atoms with Crippen molar-refractivity contribution in [3.05, 3.63) is 34.6 Å². The van der Waals surface area contributed by atoms with E-state index in [2.05, 4.69) is 9.97 Å². The maximum atomic E-state index is 11.9. The Labute approximate surface area is 113 Å². The lowest BCUT2D eigenvalue weighted by Crippen LogP contribution is -2.11. The minimum absolute atomic E-state index is 0.00912. The van der Waals surface area contributed by atoms with Crippen LogP contribution < -0.4 is 15.4 Å².